The molecule has 0 aliphatic carbocycles. The molecule has 0 saturated heterocycles. The lowest BCUT2D eigenvalue weighted by Gasteiger charge is -2.18. The van der Waals surface area contributed by atoms with E-state index in [1.807, 2.05) is 0 Å². The molecular weight excluding hydrogens is 829 g/mol. The molecule has 0 aromatic carbocycles. The highest BCUT2D eigenvalue weighted by atomic mass is 16.6. The van der Waals surface area contributed by atoms with E-state index in [2.05, 4.69) is 32.9 Å². The number of rotatable bonds is 56. The SMILES string of the molecule is CCCCCCCC/C=C\CCCCCCCC(=O)OC(COC(=O)CCCCCCCC)COC(=O)CCCCCCCCCCCCCCCCCCCCCCCCCCCCCC. The second-order valence-corrected chi connectivity index (χ2v) is 20.6. The molecule has 0 aromatic rings. The quantitative estimate of drug-likeness (QED) is 0.0262. The summed E-state index contributed by atoms with van der Waals surface area (Å²) in [5.74, 6) is -0.867. The van der Waals surface area contributed by atoms with E-state index in [-0.39, 0.29) is 31.1 Å². The number of hydrogen-bond acceptors (Lipinski definition) is 6. The molecule has 0 N–H and O–H groups in total. The van der Waals surface area contributed by atoms with Gasteiger partial charge in [-0.25, -0.2) is 0 Å². The monoisotopic (exact) mass is 945 g/mol. The topological polar surface area (TPSA) is 78.9 Å². The Morgan fingerprint density at radius 2 is 0.493 bits per heavy atom. The van der Waals surface area contributed by atoms with Crippen LogP contribution in [0.2, 0.25) is 0 Å². The van der Waals surface area contributed by atoms with Crippen LogP contribution < -0.4 is 0 Å². The van der Waals surface area contributed by atoms with Gasteiger partial charge in [-0.1, -0.05) is 290 Å². The Kier molecular flexibility index (Phi) is 55.2. The molecule has 1 unspecified atom stereocenters. The maximum absolute atomic E-state index is 12.8. The van der Waals surface area contributed by atoms with Crippen LogP contribution in [0.5, 0.6) is 0 Å². The second-order valence-electron chi connectivity index (χ2n) is 20.6. The Hall–Kier alpha value is -1.85. The molecule has 0 bridgehead atoms. The summed E-state index contributed by atoms with van der Waals surface area (Å²) in [5.41, 5.74) is 0. The van der Waals surface area contributed by atoms with Gasteiger partial charge in [0.15, 0.2) is 6.10 Å². The Morgan fingerprint density at radius 1 is 0.284 bits per heavy atom. The average molecular weight is 946 g/mol. The van der Waals surface area contributed by atoms with Gasteiger partial charge >= 0.3 is 17.9 Å². The minimum absolute atomic E-state index is 0.0687. The van der Waals surface area contributed by atoms with Crippen LogP contribution in [0.3, 0.4) is 0 Å². The summed E-state index contributed by atoms with van der Waals surface area (Å²) in [4.78, 5) is 37.8. The Labute approximate surface area is 418 Å². The number of hydrogen-bond donors (Lipinski definition) is 0. The van der Waals surface area contributed by atoms with Crippen molar-refractivity contribution in [1.82, 2.24) is 0 Å². The van der Waals surface area contributed by atoms with Crippen LogP contribution in [0.25, 0.3) is 0 Å². The molecule has 0 radical (unpaired) electrons. The highest BCUT2D eigenvalue weighted by molar-refractivity contribution is 5.71. The summed E-state index contributed by atoms with van der Waals surface area (Å²) in [5, 5.41) is 0. The summed E-state index contributed by atoms with van der Waals surface area (Å²) >= 11 is 0. The van der Waals surface area contributed by atoms with Gasteiger partial charge in [0.1, 0.15) is 13.2 Å². The van der Waals surface area contributed by atoms with Crippen molar-refractivity contribution >= 4 is 17.9 Å². The molecule has 0 saturated carbocycles. The van der Waals surface area contributed by atoms with Gasteiger partial charge in [0.2, 0.25) is 0 Å². The van der Waals surface area contributed by atoms with Crippen molar-refractivity contribution in [3.8, 4) is 0 Å². The third-order valence-corrected chi connectivity index (χ3v) is 13.8. The van der Waals surface area contributed by atoms with E-state index < -0.39 is 6.10 Å². The molecule has 1 atom stereocenters. The van der Waals surface area contributed by atoms with E-state index in [1.54, 1.807) is 0 Å². The zero-order valence-corrected chi connectivity index (χ0v) is 45.5. The standard InChI is InChI=1S/C61H116O6/c1-4-7-10-13-16-18-20-22-24-25-26-27-28-29-30-31-32-33-34-35-36-38-39-41-43-45-48-51-54-60(63)66-57-58(56-65-59(62)53-50-47-15-12-9-6-3)67-61(64)55-52-49-46-44-42-40-37-23-21-19-17-14-11-8-5-2/h23,37,58H,4-22,24-36,38-57H2,1-3H3/b37-23-. The molecule has 0 aliphatic heterocycles. The van der Waals surface area contributed by atoms with Crippen LogP contribution in [-0.2, 0) is 28.6 Å². The van der Waals surface area contributed by atoms with Crippen molar-refractivity contribution in [1.29, 1.82) is 0 Å². The van der Waals surface area contributed by atoms with Crippen molar-refractivity contribution in [2.24, 2.45) is 0 Å². The third-order valence-electron chi connectivity index (χ3n) is 13.8. The van der Waals surface area contributed by atoms with E-state index in [4.69, 9.17) is 14.2 Å². The zero-order chi connectivity index (χ0) is 48.6. The summed E-state index contributed by atoms with van der Waals surface area (Å²) in [6.45, 7) is 6.62. The molecule has 0 aromatic heterocycles. The molecule has 396 valence electrons. The normalized spacial score (nSPS) is 12.0. The maximum Gasteiger partial charge on any atom is 0.306 e. The average Bonchev–Trinajstić information content (AvgIpc) is 3.33. The lowest BCUT2D eigenvalue weighted by atomic mass is 10.0. The first-order valence-electron chi connectivity index (χ1n) is 30.2. The largest absolute Gasteiger partial charge is 0.462 e. The Balaban J connectivity index is 3.97. The van der Waals surface area contributed by atoms with E-state index in [1.165, 1.54) is 238 Å². The number of unbranched alkanes of at least 4 members (excludes halogenated alkanes) is 43. The fourth-order valence-electron chi connectivity index (χ4n) is 9.21. The molecule has 0 aliphatic rings. The highest BCUT2D eigenvalue weighted by Gasteiger charge is 2.19. The molecule has 0 heterocycles. The zero-order valence-electron chi connectivity index (χ0n) is 45.5. The van der Waals surface area contributed by atoms with E-state index in [0.717, 1.165) is 64.2 Å². The summed E-state index contributed by atoms with van der Waals surface area (Å²) in [6.07, 6.45) is 65.5. The predicted octanol–water partition coefficient (Wildman–Crippen LogP) is 20.1. The van der Waals surface area contributed by atoms with Crippen LogP contribution in [0, 0.1) is 0 Å². The molecule has 67 heavy (non-hydrogen) atoms. The molecule has 0 fully saturated rings. The highest BCUT2D eigenvalue weighted by Crippen LogP contribution is 2.18. The van der Waals surface area contributed by atoms with Gasteiger partial charge in [-0.2, -0.15) is 0 Å². The third kappa shape index (κ3) is 55.0. The Morgan fingerprint density at radius 3 is 0.746 bits per heavy atom. The summed E-state index contributed by atoms with van der Waals surface area (Å²) in [6, 6.07) is 0. The van der Waals surface area contributed by atoms with Crippen LogP contribution in [-0.4, -0.2) is 37.2 Å². The van der Waals surface area contributed by atoms with E-state index in [0.29, 0.717) is 19.3 Å². The number of allylic oxidation sites excluding steroid dienone is 2. The maximum atomic E-state index is 12.8. The van der Waals surface area contributed by atoms with Gasteiger partial charge in [-0.15, -0.1) is 0 Å². The first-order valence-corrected chi connectivity index (χ1v) is 30.2. The predicted molar refractivity (Wildman–Crippen MR) is 289 cm³/mol. The van der Waals surface area contributed by atoms with E-state index >= 15 is 0 Å². The lowest BCUT2D eigenvalue weighted by molar-refractivity contribution is -0.167. The van der Waals surface area contributed by atoms with Crippen LogP contribution in [0.15, 0.2) is 12.2 Å². The van der Waals surface area contributed by atoms with Crippen molar-refractivity contribution in [3.05, 3.63) is 12.2 Å². The van der Waals surface area contributed by atoms with E-state index in [9.17, 15) is 14.4 Å². The van der Waals surface area contributed by atoms with Crippen LogP contribution >= 0.6 is 0 Å². The molecule has 0 rings (SSSR count). The van der Waals surface area contributed by atoms with Gasteiger partial charge in [0, 0.05) is 19.3 Å². The van der Waals surface area contributed by atoms with Crippen molar-refractivity contribution in [2.75, 3.05) is 13.2 Å². The summed E-state index contributed by atoms with van der Waals surface area (Å²) in [7, 11) is 0. The van der Waals surface area contributed by atoms with Crippen LogP contribution in [0.1, 0.15) is 342 Å². The molecule has 0 spiro atoms. The number of carbonyl (C=O) groups is 3. The fraction of sp³-hybridized carbons (Fsp3) is 0.918. The first kappa shape index (κ1) is 65.1. The second kappa shape index (κ2) is 56.7. The Bertz CT molecular complexity index is 1040. The van der Waals surface area contributed by atoms with Crippen molar-refractivity contribution < 1.29 is 28.6 Å². The van der Waals surface area contributed by atoms with Gasteiger partial charge in [-0.05, 0) is 44.9 Å². The molecule has 6 heteroatoms. The number of esters is 3. The van der Waals surface area contributed by atoms with Crippen molar-refractivity contribution in [2.45, 2.75) is 348 Å². The lowest BCUT2D eigenvalue weighted by Crippen LogP contribution is -2.30. The molecule has 0 amide bonds. The first-order chi connectivity index (χ1) is 33.0. The van der Waals surface area contributed by atoms with Crippen molar-refractivity contribution in [3.63, 3.8) is 0 Å². The molecular formula is C61H116O6. The van der Waals surface area contributed by atoms with Gasteiger partial charge < -0.3 is 14.2 Å². The smallest absolute Gasteiger partial charge is 0.306 e. The summed E-state index contributed by atoms with van der Waals surface area (Å²) < 4.78 is 16.8. The molecule has 6 nitrogen and oxygen atoms in total. The number of carbonyl (C=O) groups excluding carboxylic acids is 3. The minimum Gasteiger partial charge on any atom is -0.462 e. The van der Waals surface area contributed by atoms with Crippen LogP contribution in [0.4, 0.5) is 0 Å². The fourth-order valence-corrected chi connectivity index (χ4v) is 9.21. The van der Waals surface area contributed by atoms with Gasteiger partial charge in [-0.3, -0.25) is 14.4 Å². The minimum atomic E-state index is -0.767. The van der Waals surface area contributed by atoms with Gasteiger partial charge in [0.05, 0.1) is 0 Å². The van der Waals surface area contributed by atoms with Gasteiger partial charge in [0.25, 0.3) is 0 Å². The number of ether oxygens (including phenoxy) is 3.